The molecule has 82 valence electrons. The van der Waals surface area contributed by atoms with Gasteiger partial charge in [-0.3, -0.25) is 9.78 Å². The summed E-state index contributed by atoms with van der Waals surface area (Å²) in [6.07, 6.45) is 1.45. The zero-order chi connectivity index (χ0) is 11.7. The molecular weight excluding hydrogens is 204 g/mol. The molecule has 16 heavy (non-hydrogen) atoms. The molecule has 0 saturated carbocycles. The Morgan fingerprint density at radius 3 is 2.50 bits per heavy atom. The van der Waals surface area contributed by atoms with Gasteiger partial charge in [0, 0.05) is 6.20 Å². The lowest BCUT2D eigenvalue weighted by Gasteiger charge is -2.05. The zero-order valence-corrected chi connectivity index (χ0v) is 9.13. The molecule has 0 aliphatic rings. The number of aromatic nitrogens is 2. The molecular formula is C12H12N2O2. The van der Waals surface area contributed by atoms with E-state index in [2.05, 4.69) is 9.97 Å². The molecule has 0 aliphatic carbocycles. The fourth-order valence-corrected chi connectivity index (χ4v) is 1.64. The summed E-state index contributed by atoms with van der Waals surface area (Å²) in [5, 5.41) is 0. The van der Waals surface area contributed by atoms with E-state index in [0.29, 0.717) is 5.56 Å². The second-order valence-electron chi connectivity index (χ2n) is 3.80. The van der Waals surface area contributed by atoms with E-state index in [1.54, 1.807) is 0 Å². The predicted octanol–water partition coefficient (Wildman–Crippen LogP) is 1.35. The first-order chi connectivity index (χ1) is 7.58. The van der Waals surface area contributed by atoms with Crippen molar-refractivity contribution in [1.82, 2.24) is 9.97 Å². The van der Waals surface area contributed by atoms with Gasteiger partial charge in [0.05, 0.1) is 5.56 Å². The minimum absolute atomic E-state index is 0.363. The first kappa shape index (κ1) is 10.4. The van der Waals surface area contributed by atoms with Crippen LogP contribution in [0.25, 0.3) is 11.1 Å². The Morgan fingerprint density at radius 1 is 1.06 bits per heavy atom. The van der Waals surface area contributed by atoms with E-state index in [1.165, 1.54) is 6.20 Å². The van der Waals surface area contributed by atoms with Gasteiger partial charge in [-0.15, -0.1) is 0 Å². The van der Waals surface area contributed by atoms with Gasteiger partial charge in [-0.25, -0.2) is 4.79 Å². The van der Waals surface area contributed by atoms with Crippen molar-refractivity contribution < 1.29 is 0 Å². The van der Waals surface area contributed by atoms with Gasteiger partial charge in [-0.1, -0.05) is 23.8 Å². The fourth-order valence-electron chi connectivity index (χ4n) is 1.64. The second-order valence-corrected chi connectivity index (χ2v) is 3.80. The number of hydrogen-bond donors (Lipinski definition) is 2. The van der Waals surface area contributed by atoms with Crippen LogP contribution in [0.5, 0.6) is 0 Å². The van der Waals surface area contributed by atoms with E-state index in [4.69, 9.17) is 0 Å². The van der Waals surface area contributed by atoms with Gasteiger partial charge in [0.2, 0.25) is 0 Å². The number of hydrogen-bond acceptors (Lipinski definition) is 2. The topological polar surface area (TPSA) is 65.7 Å². The zero-order valence-electron chi connectivity index (χ0n) is 9.13. The van der Waals surface area contributed by atoms with Crippen LogP contribution in [0.3, 0.4) is 0 Å². The van der Waals surface area contributed by atoms with Gasteiger partial charge in [-0.2, -0.15) is 0 Å². The molecule has 0 unspecified atom stereocenters. The average Bonchev–Trinajstić information content (AvgIpc) is 2.22. The van der Waals surface area contributed by atoms with Crippen molar-refractivity contribution in [1.29, 1.82) is 0 Å². The van der Waals surface area contributed by atoms with Gasteiger partial charge in [-0.05, 0) is 25.0 Å². The molecule has 0 bridgehead atoms. The molecule has 0 fully saturated rings. The molecule has 2 N–H and O–H groups in total. The standard InChI is InChI=1S/C12H12N2O2/c1-7-3-4-8(2)9(5-7)10-6-13-12(16)14-11(10)15/h3-6H,1-2H3,(H2,13,14,15,16). The predicted molar refractivity (Wildman–Crippen MR) is 62.6 cm³/mol. The molecule has 1 aromatic heterocycles. The molecule has 0 spiro atoms. The highest BCUT2D eigenvalue weighted by Gasteiger charge is 2.06. The molecule has 2 aromatic rings. The number of benzene rings is 1. The Hall–Kier alpha value is -2.10. The summed E-state index contributed by atoms with van der Waals surface area (Å²) in [5.74, 6) is 0. The average molecular weight is 216 g/mol. The third-order valence-corrected chi connectivity index (χ3v) is 2.50. The van der Waals surface area contributed by atoms with Crippen molar-refractivity contribution in [2.45, 2.75) is 13.8 Å². The van der Waals surface area contributed by atoms with Crippen LogP contribution in [-0.2, 0) is 0 Å². The van der Waals surface area contributed by atoms with E-state index in [1.807, 2.05) is 32.0 Å². The quantitative estimate of drug-likeness (QED) is 0.755. The van der Waals surface area contributed by atoms with Crippen LogP contribution in [-0.4, -0.2) is 9.97 Å². The van der Waals surface area contributed by atoms with Crippen molar-refractivity contribution in [3.8, 4) is 11.1 Å². The van der Waals surface area contributed by atoms with Crippen LogP contribution >= 0.6 is 0 Å². The highest BCUT2D eigenvalue weighted by atomic mass is 16.2. The minimum atomic E-state index is -0.487. The number of nitrogens with one attached hydrogen (secondary N) is 2. The maximum absolute atomic E-state index is 11.6. The first-order valence-electron chi connectivity index (χ1n) is 4.97. The molecule has 1 aromatic carbocycles. The van der Waals surface area contributed by atoms with E-state index in [9.17, 15) is 9.59 Å². The van der Waals surface area contributed by atoms with Crippen LogP contribution in [0.4, 0.5) is 0 Å². The SMILES string of the molecule is Cc1ccc(C)c(-c2c[nH]c(=O)[nH]c2=O)c1. The third kappa shape index (κ3) is 1.82. The molecule has 0 saturated heterocycles. The third-order valence-electron chi connectivity index (χ3n) is 2.50. The Bertz CT molecular complexity index is 638. The van der Waals surface area contributed by atoms with Crippen LogP contribution in [0, 0.1) is 13.8 Å². The summed E-state index contributed by atoms with van der Waals surface area (Å²) in [6.45, 7) is 3.89. The number of aromatic amines is 2. The van der Waals surface area contributed by atoms with E-state index >= 15 is 0 Å². The Morgan fingerprint density at radius 2 is 1.81 bits per heavy atom. The largest absolute Gasteiger partial charge is 0.325 e. The van der Waals surface area contributed by atoms with Crippen molar-refractivity contribution >= 4 is 0 Å². The maximum Gasteiger partial charge on any atom is 0.325 e. The number of rotatable bonds is 1. The molecule has 2 rings (SSSR count). The van der Waals surface area contributed by atoms with Crippen LogP contribution in [0.2, 0.25) is 0 Å². The lowest BCUT2D eigenvalue weighted by atomic mass is 10.0. The molecule has 4 heteroatoms. The normalized spacial score (nSPS) is 10.4. The van der Waals surface area contributed by atoms with Gasteiger partial charge in [0.25, 0.3) is 5.56 Å². The molecule has 0 aliphatic heterocycles. The van der Waals surface area contributed by atoms with Gasteiger partial charge >= 0.3 is 5.69 Å². The van der Waals surface area contributed by atoms with Crippen molar-refractivity contribution in [3.63, 3.8) is 0 Å². The van der Waals surface area contributed by atoms with Gasteiger partial charge in [0.1, 0.15) is 0 Å². The molecule has 0 radical (unpaired) electrons. The van der Waals surface area contributed by atoms with E-state index in [0.717, 1.165) is 16.7 Å². The summed E-state index contributed by atoms with van der Waals surface area (Å²) in [7, 11) is 0. The summed E-state index contributed by atoms with van der Waals surface area (Å²) in [6, 6.07) is 5.87. The second kappa shape index (κ2) is 3.81. The van der Waals surface area contributed by atoms with E-state index in [-0.39, 0.29) is 5.56 Å². The number of aryl methyl sites for hydroxylation is 2. The first-order valence-corrected chi connectivity index (χ1v) is 4.97. The van der Waals surface area contributed by atoms with Gasteiger partial charge in [0.15, 0.2) is 0 Å². The van der Waals surface area contributed by atoms with Crippen molar-refractivity contribution in [2.75, 3.05) is 0 Å². The Balaban J connectivity index is 2.72. The van der Waals surface area contributed by atoms with Crippen LogP contribution < -0.4 is 11.2 Å². The highest BCUT2D eigenvalue weighted by Crippen LogP contribution is 2.20. The lowest BCUT2D eigenvalue weighted by Crippen LogP contribution is -2.22. The van der Waals surface area contributed by atoms with E-state index < -0.39 is 5.69 Å². The summed E-state index contributed by atoms with van der Waals surface area (Å²) >= 11 is 0. The summed E-state index contributed by atoms with van der Waals surface area (Å²) in [5.41, 5.74) is 2.56. The number of H-pyrrole nitrogens is 2. The molecule has 0 atom stereocenters. The smallest absolute Gasteiger partial charge is 0.313 e. The minimum Gasteiger partial charge on any atom is -0.313 e. The maximum atomic E-state index is 11.6. The monoisotopic (exact) mass is 216 g/mol. The summed E-state index contributed by atoms with van der Waals surface area (Å²) < 4.78 is 0. The van der Waals surface area contributed by atoms with Gasteiger partial charge < -0.3 is 4.98 Å². The fraction of sp³-hybridized carbons (Fsp3) is 0.167. The van der Waals surface area contributed by atoms with Crippen LogP contribution in [0.15, 0.2) is 34.0 Å². The highest BCUT2D eigenvalue weighted by molar-refractivity contribution is 5.66. The Kier molecular flexibility index (Phi) is 2.48. The summed E-state index contributed by atoms with van der Waals surface area (Å²) in [4.78, 5) is 27.2. The lowest BCUT2D eigenvalue weighted by molar-refractivity contribution is 1.04. The molecule has 0 amide bonds. The van der Waals surface area contributed by atoms with Crippen LogP contribution in [0.1, 0.15) is 11.1 Å². The van der Waals surface area contributed by atoms with Crippen molar-refractivity contribution in [2.24, 2.45) is 0 Å². The molecule has 4 nitrogen and oxygen atoms in total. The Labute approximate surface area is 92.0 Å². The molecule has 1 heterocycles. The van der Waals surface area contributed by atoms with Crippen molar-refractivity contribution in [3.05, 3.63) is 56.4 Å².